The zero-order valence-corrected chi connectivity index (χ0v) is 10.2. The molecule has 0 heterocycles. The SMILES string of the molecule is CSCC[C@H](N)C(=O)OC1CCCCC1. The van der Waals surface area contributed by atoms with Crippen LogP contribution >= 0.6 is 11.8 Å². The molecule has 1 atom stereocenters. The Balaban J connectivity index is 2.20. The maximum atomic E-state index is 11.6. The maximum Gasteiger partial charge on any atom is 0.323 e. The summed E-state index contributed by atoms with van der Waals surface area (Å²) in [5, 5.41) is 0. The van der Waals surface area contributed by atoms with Crippen molar-refractivity contribution in [1.29, 1.82) is 0 Å². The molecule has 2 N–H and O–H groups in total. The Hall–Kier alpha value is -0.220. The fourth-order valence-corrected chi connectivity index (χ4v) is 2.29. The van der Waals surface area contributed by atoms with Crippen molar-refractivity contribution in [2.45, 2.75) is 50.7 Å². The van der Waals surface area contributed by atoms with E-state index in [2.05, 4.69) is 0 Å². The summed E-state index contributed by atoms with van der Waals surface area (Å²) in [4.78, 5) is 11.6. The van der Waals surface area contributed by atoms with Gasteiger partial charge in [-0.15, -0.1) is 0 Å². The second-order valence-corrected chi connectivity index (χ2v) is 5.07. The molecule has 0 unspecified atom stereocenters. The predicted octanol–water partition coefficient (Wildman–Crippen LogP) is 1.94. The van der Waals surface area contributed by atoms with E-state index >= 15 is 0 Å². The van der Waals surface area contributed by atoms with Gasteiger partial charge in [-0.25, -0.2) is 0 Å². The fraction of sp³-hybridized carbons (Fsp3) is 0.909. The van der Waals surface area contributed by atoms with Crippen molar-refractivity contribution in [3.63, 3.8) is 0 Å². The van der Waals surface area contributed by atoms with Gasteiger partial charge in [0.1, 0.15) is 12.1 Å². The Morgan fingerprint density at radius 1 is 1.47 bits per heavy atom. The van der Waals surface area contributed by atoms with Crippen molar-refractivity contribution in [1.82, 2.24) is 0 Å². The molecule has 1 fully saturated rings. The lowest BCUT2D eigenvalue weighted by Gasteiger charge is -2.23. The molecule has 0 radical (unpaired) electrons. The number of carbonyl (C=O) groups excluding carboxylic acids is 1. The first-order chi connectivity index (χ1) is 7.24. The molecule has 1 aliphatic rings. The first kappa shape index (κ1) is 12.8. The van der Waals surface area contributed by atoms with Gasteiger partial charge in [0.15, 0.2) is 0 Å². The third-order valence-electron chi connectivity index (χ3n) is 2.77. The van der Waals surface area contributed by atoms with E-state index in [0.29, 0.717) is 6.42 Å². The maximum absolute atomic E-state index is 11.6. The Morgan fingerprint density at radius 3 is 2.73 bits per heavy atom. The van der Waals surface area contributed by atoms with Crippen molar-refractivity contribution in [2.24, 2.45) is 5.73 Å². The molecule has 0 aliphatic heterocycles. The highest BCUT2D eigenvalue weighted by molar-refractivity contribution is 7.98. The molecule has 0 aromatic rings. The summed E-state index contributed by atoms with van der Waals surface area (Å²) in [6.07, 6.45) is 8.52. The second-order valence-electron chi connectivity index (χ2n) is 4.08. The Morgan fingerprint density at radius 2 is 2.13 bits per heavy atom. The number of esters is 1. The van der Waals surface area contributed by atoms with Crippen LogP contribution in [0.1, 0.15) is 38.5 Å². The molecule has 1 aliphatic carbocycles. The standard InChI is InChI=1S/C11H21NO2S/c1-15-8-7-10(12)11(13)14-9-5-3-2-4-6-9/h9-10H,2-8,12H2,1H3/t10-/m0/s1. The minimum Gasteiger partial charge on any atom is -0.461 e. The van der Waals surface area contributed by atoms with Crippen LogP contribution in [-0.2, 0) is 9.53 Å². The van der Waals surface area contributed by atoms with E-state index in [9.17, 15) is 4.79 Å². The van der Waals surface area contributed by atoms with Gasteiger partial charge in [0.2, 0.25) is 0 Å². The second kappa shape index (κ2) is 7.12. The highest BCUT2D eigenvalue weighted by atomic mass is 32.2. The van der Waals surface area contributed by atoms with Crippen LogP contribution < -0.4 is 5.73 Å². The highest BCUT2D eigenvalue weighted by Crippen LogP contribution is 2.20. The summed E-state index contributed by atoms with van der Waals surface area (Å²) < 4.78 is 5.38. The summed E-state index contributed by atoms with van der Waals surface area (Å²) >= 11 is 1.71. The van der Waals surface area contributed by atoms with Crippen molar-refractivity contribution >= 4 is 17.7 Å². The number of thioether (sulfide) groups is 1. The molecule has 88 valence electrons. The van der Waals surface area contributed by atoms with Crippen molar-refractivity contribution < 1.29 is 9.53 Å². The van der Waals surface area contributed by atoms with Crippen molar-refractivity contribution in [2.75, 3.05) is 12.0 Å². The Kier molecular flexibility index (Phi) is 6.10. The molecule has 1 saturated carbocycles. The van der Waals surface area contributed by atoms with Crippen LogP contribution in [0.5, 0.6) is 0 Å². The smallest absolute Gasteiger partial charge is 0.323 e. The lowest BCUT2D eigenvalue weighted by atomic mass is 9.98. The first-order valence-electron chi connectivity index (χ1n) is 5.69. The van der Waals surface area contributed by atoms with E-state index in [0.717, 1.165) is 18.6 Å². The monoisotopic (exact) mass is 231 g/mol. The largest absolute Gasteiger partial charge is 0.461 e. The molecule has 1 rings (SSSR count). The van der Waals surface area contributed by atoms with Crippen molar-refractivity contribution in [3.05, 3.63) is 0 Å². The molecular formula is C11H21NO2S. The fourth-order valence-electron chi connectivity index (χ4n) is 1.80. The summed E-state index contributed by atoms with van der Waals surface area (Å²) in [6, 6.07) is -0.431. The number of hydrogen-bond acceptors (Lipinski definition) is 4. The van der Waals surface area contributed by atoms with Gasteiger partial charge in [-0.2, -0.15) is 11.8 Å². The van der Waals surface area contributed by atoms with Gasteiger partial charge in [0.05, 0.1) is 0 Å². The predicted molar refractivity (Wildman–Crippen MR) is 63.9 cm³/mol. The minimum atomic E-state index is -0.431. The first-order valence-corrected chi connectivity index (χ1v) is 7.08. The van der Waals surface area contributed by atoms with E-state index in [1.807, 2.05) is 6.26 Å². The summed E-state index contributed by atoms with van der Waals surface area (Å²) in [5.41, 5.74) is 5.73. The normalized spacial score (nSPS) is 19.9. The van der Waals surface area contributed by atoms with Crippen LogP contribution in [0.25, 0.3) is 0 Å². The molecule has 0 amide bonds. The summed E-state index contributed by atoms with van der Waals surface area (Å²) in [5.74, 6) is 0.706. The van der Waals surface area contributed by atoms with Gasteiger partial charge in [-0.3, -0.25) is 4.79 Å². The third kappa shape index (κ3) is 4.89. The Bertz CT molecular complexity index is 193. The van der Waals surface area contributed by atoms with Gasteiger partial charge in [0, 0.05) is 0 Å². The highest BCUT2D eigenvalue weighted by Gasteiger charge is 2.21. The topological polar surface area (TPSA) is 52.3 Å². The molecule has 3 nitrogen and oxygen atoms in total. The number of carbonyl (C=O) groups is 1. The molecule has 15 heavy (non-hydrogen) atoms. The van der Waals surface area contributed by atoms with Crippen LogP contribution in [0.15, 0.2) is 0 Å². The van der Waals surface area contributed by atoms with Gasteiger partial charge in [-0.05, 0) is 44.1 Å². The van der Waals surface area contributed by atoms with Crippen LogP contribution in [0, 0.1) is 0 Å². The zero-order chi connectivity index (χ0) is 11.1. The van der Waals surface area contributed by atoms with Crippen LogP contribution in [-0.4, -0.2) is 30.1 Å². The van der Waals surface area contributed by atoms with Crippen LogP contribution in [0.3, 0.4) is 0 Å². The van der Waals surface area contributed by atoms with Crippen LogP contribution in [0.4, 0.5) is 0 Å². The molecule has 0 aromatic carbocycles. The van der Waals surface area contributed by atoms with Crippen molar-refractivity contribution in [3.8, 4) is 0 Å². The number of hydrogen-bond donors (Lipinski definition) is 1. The Labute approximate surface area is 96.1 Å². The van der Waals surface area contributed by atoms with Gasteiger partial charge in [0.25, 0.3) is 0 Å². The van der Waals surface area contributed by atoms with E-state index in [1.54, 1.807) is 11.8 Å². The van der Waals surface area contributed by atoms with E-state index in [1.165, 1.54) is 19.3 Å². The lowest BCUT2D eigenvalue weighted by Crippen LogP contribution is -2.36. The number of rotatable bonds is 5. The lowest BCUT2D eigenvalue weighted by molar-refractivity contribution is -0.152. The van der Waals surface area contributed by atoms with E-state index in [-0.39, 0.29) is 12.1 Å². The average molecular weight is 231 g/mol. The third-order valence-corrected chi connectivity index (χ3v) is 3.41. The molecule has 4 heteroatoms. The molecule has 0 bridgehead atoms. The molecule has 0 spiro atoms. The average Bonchev–Trinajstić information content (AvgIpc) is 2.27. The van der Waals surface area contributed by atoms with Gasteiger partial charge in [-0.1, -0.05) is 6.42 Å². The zero-order valence-electron chi connectivity index (χ0n) is 9.41. The summed E-state index contributed by atoms with van der Waals surface area (Å²) in [6.45, 7) is 0. The summed E-state index contributed by atoms with van der Waals surface area (Å²) in [7, 11) is 0. The van der Waals surface area contributed by atoms with E-state index < -0.39 is 6.04 Å². The minimum absolute atomic E-state index is 0.131. The number of ether oxygens (including phenoxy) is 1. The van der Waals surface area contributed by atoms with Crippen LogP contribution in [0.2, 0.25) is 0 Å². The number of nitrogens with two attached hydrogens (primary N) is 1. The van der Waals surface area contributed by atoms with Gasteiger partial charge >= 0.3 is 5.97 Å². The quantitative estimate of drug-likeness (QED) is 0.735. The molecule has 0 saturated heterocycles. The molecular weight excluding hydrogens is 210 g/mol. The molecule has 0 aromatic heterocycles. The van der Waals surface area contributed by atoms with E-state index in [4.69, 9.17) is 10.5 Å². The van der Waals surface area contributed by atoms with Gasteiger partial charge < -0.3 is 10.5 Å².